The highest BCUT2D eigenvalue weighted by atomic mass is 35.5. The molecule has 0 bridgehead atoms. The first-order chi connectivity index (χ1) is 13.8. The van der Waals surface area contributed by atoms with E-state index in [4.69, 9.17) is 37.1 Å². The molecule has 0 unspecified atom stereocenters. The maximum absolute atomic E-state index is 12.5. The van der Waals surface area contributed by atoms with Crippen molar-refractivity contribution in [3.63, 3.8) is 0 Å². The molecule has 0 amide bonds. The number of esters is 2. The summed E-state index contributed by atoms with van der Waals surface area (Å²) < 4.78 is 15.7. The van der Waals surface area contributed by atoms with Gasteiger partial charge in [0.05, 0.1) is 37.5 Å². The van der Waals surface area contributed by atoms with Crippen LogP contribution in [0.4, 0.5) is 0 Å². The molecule has 1 aliphatic rings. The standard InChI is InChI=1S/C21H19Cl2NO5/c1-10-17(20(25)27-3)19(18(11(2)24-10)21(26)28-4)16-7-12(9-29-16)14-6-5-13(22)8-15(14)23/h5-9,19,24H,1-4H3. The van der Waals surface area contributed by atoms with E-state index in [0.717, 1.165) is 0 Å². The van der Waals surface area contributed by atoms with E-state index in [9.17, 15) is 9.59 Å². The van der Waals surface area contributed by atoms with Gasteiger partial charge in [-0.3, -0.25) is 0 Å². The molecular weight excluding hydrogens is 417 g/mol. The summed E-state index contributed by atoms with van der Waals surface area (Å²) in [6.07, 6.45) is 1.51. The number of benzene rings is 1. The number of hydrogen-bond donors (Lipinski definition) is 1. The van der Waals surface area contributed by atoms with Crippen molar-refractivity contribution >= 4 is 35.1 Å². The SMILES string of the molecule is COC(=O)C1=C(C)NC(C)=C(C(=O)OC)C1c1cc(-c2ccc(Cl)cc2Cl)co1. The maximum atomic E-state index is 12.5. The molecule has 1 aromatic heterocycles. The highest BCUT2D eigenvalue weighted by Gasteiger charge is 2.39. The molecule has 1 aromatic carbocycles. The number of dihydropyridines is 1. The number of hydrogen-bond acceptors (Lipinski definition) is 6. The van der Waals surface area contributed by atoms with Gasteiger partial charge in [0, 0.05) is 32.6 Å². The van der Waals surface area contributed by atoms with Gasteiger partial charge in [0.2, 0.25) is 0 Å². The van der Waals surface area contributed by atoms with Gasteiger partial charge in [0.15, 0.2) is 0 Å². The van der Waals surface area contributed by atoms with Crippen molar-refractivity contribution in [1.82, 2.24) is 5.32 Å². The van der Waals surface area contributed by atoms with Crippen LogP contribution >= 0.6 is 23.2 Å². The van der Waals surface area contributed by atoms with Gasteiger partial charge in [-0.15, -0.1) is 0 Å². The molecule has 0 fully saturated rings. The molecule has 152 valence electrons. The van der Waals surface area contributed by atoms with Crippen LogP contribution in [0.5, 0.6) is 0 Å². The summed E-state index contributed by atoms with van der Waals surface area (Å²) in [6.45, 7) is 3.47. The van der Waals surface area contributed by atoms with Crippen LogP contribution in [0.25, 0.3) is 11.1 Å². The Morgan fingerprint density at radius 2 is 1.59 bits per heavy atom. The minimum absolute atomic E-state index is 0.265. The van der Waals surface area contributed by atoms with Gasteiger partial charge in [-0.2, -0.15) is 0 Å². The van der Waals surface area contributed by atoms with E-state index in [1.165, 1.54) is 20.5 Å². The lowest BCUT2D eigenvalue weighted by Crippen LogP contribution is -2.31. The molecule has 29 heavy (non-hydrogen) atoms. The van der Waals surface area contributed by atoms with Crippen LogP contribution in [0.1, 0.15) is 25.5 Å². The van der Waals surface area contributed by atoms with Crippen LogP contribution in [0.3, 0.4) is 0 Å². The van der Waals surface area contributed by atoms with E-state index in [1.54, 1.807) is 38.1 Å². The van der Waals surface area contributed by atoms with Crippen molar-refractivity contribution in [2.75, 3.05) is 14.2 Å². The van der Waals surface area contributed by atoms with Crippen LogP contribution in [-0.4, -0.2) is 26.2 Å². The summed E-state index contributed by atoms with van der Waals surface area (Å²) in [5.74, 6) is -1.56. The van der Waals surface area contributed by atoms with E-state index in [-0.39, 0.29) is 11.1 Å². The van der Waals surface area contributed by atoms with Gasteiger partial charge in [-0.25, -0.2) is 9.59 Å². The fourth-order valence-electron chi connectivity index (χ4n) is 3.41. The molecule has 0 saturated carbocycles. The van der Waals surface area contributed by atoms with Crippen molar-refractivity contribution in [2.24, 2.45) is 0 Å². The number of carbonyl (C=O) groups excluding carboxylic acids is 2. The third-order valence-electron chi connectivity index (χ3n) is 4.72. The highest BCUT2D eigenvalue weighted by molar-refractivity contribution is 6.36. The number of carbonyl (C=O) groups is 2. The molecule has 2 heterocycles. The maximum Gasteiger partial charge on any atom is 0.336 e. The summed E-state index contributed by atoms with van der Waals surface area (Å²) in [6, 6.07) is 6.85. The first-order valence-electron chi connectivity index (χ1n) is 8.67. The third kappa shape index (κ3) is 3.91. The molecule has 0 spiro atoms. The minimum Gasteiger partial charge on any atom is -0.468 e. The average Bonchev–Trinajstić information content (AvgIpc) is 3.15. The number of rotatable bonds is 4. The van der Waals surface area contributed by atoms with Gasteiger partial charge in [-0.05, 0) is 32.0 Å². The second kappa shape index (κ2) is 8.35. The molecule has 2 aromatic rings. The average molecular weight is 436 g/mol. The Morgan fingerprint density at radius 1 is 1.00 bits per heavy atom. The summed E-state index contributed by atoms with van der Waals surface area (Å²) in [4.78, 5) is 25.0. The second-order valence-corrected chi connectivity index (χ2v) is 7.32. The second-order valence-electron chi connectivity index (χ2n) is 6.48. The van der Waals surface area contributed by atoms with E-state index in [0.29, 0.717) is 38.3 Å². The van der Waals surface area contributed by atoms with Crippen molar-refractivity contribution in [3.8, 4) is 11.1 Å². The number of ether oxygens (including phenoxy) is 2. The topological polar surface area (TPSA) is 77.8 Å². The van der Waals surface area contributed by atoms with Crippen molar-refractivity contribution in [1.29, 1.82) is 0 Å². The Balaban J connectivity index is 2.16. The zero-order valence-electron chi connectivity index (χ0n) is 16.3. The first-order valence-corrected chi connectivity index (χ1v) is 9.43. The molecule has 1 aliphatic heterocycles. The normalized spacial score (nSPS) is 14.7. The van der Waals surface area contributed by atoms with Gasteiger partial charge < -0.3 is 19.2 Å². The van der Waals surface area contributed by atoms with E-state index in [2.05, 4.69) is 5.32 Å². The minimum atomic E-state index is -0.795. The molecule has 1 N–H and O–H groups in total. The van der Waals surface area contributed by atoms with E-state index in [1.807, 2.05) is 0 Å². The van der Waals surface area contributed by atoms with Crippen LogP contribution in [0.2, 0.25) is 10.0 Å². The van der Waals surface area contributed by atoms with Gasteiger partial charge in [0.1, 0.15) is 5.76 Å². The molecule has 0 aliphatic carbocycles. The summed E-state index contributed by atoms with van der Waals surface area (Å²) >= 11 is 12.3. The summed E-state index contributed by atoms with van der Waals surface area (Å²) in [5, 5.41) is 4.01. The fourth-order valence-corrected chi connectivity index (χ4v) is 3.93. The molecule has 6 nitrogen and oxygen atoms in total. The quantitative estimate of drug-likeness (QED) is 0.692. The number of furan rings is 1. The molecule has 0 atom stereocenters. The molecule has 3 rings (SSSR count). The molecule has 0 saturated heterocycles. The fraction of sp³-hybridized carbons (Fsp3) is 0.238. The number of allylic oxidation sites excluding steroid dienone is 2. The molecule has 8 heteroatoms. The van der Waals surface area contributed by atoms with Crippen molar-refractivity contribution < 1.29 is 23.5 Å². The van der Waals surface area contributed by atoms with Crippen molar-refractivity contribution in [3.05, 3.63) is 68.9 Å². The zero-order chi connectivity index (χ0) is 21.3. The lowest BCUT2D eigenvalue weighted by Gasteiger charge is -2.28. The Hall–Kier alpha value is -2.70. The Morgan fingerprint density at radius 3 is 2.10 bits per heavy atom. The lowest BCUT2D eigenvalue weighted by atomic mass is 9.83. The van der Waals surface area contributed by atoms with Crippen LogP contribution in [-0.2, 0) is 19.1 Å². The van der Waals surface area contributed by atoms with E-state index < -0.39 is 17.9 Å². The molecular formula is C21H19Cl2NO5. The van der Waals surface area contributed by atoms with Crippen LogP contribution in [0.15, 0.2) is 57.5 Å². The van der Waals surface area contributed by atoms with Gasteiger partial charge in [-0.1, -0.05) is 29.3 Å². The number of halogens is 2. The van der Waals surface area contributed by atoms with E-state index >= 15 is 0 Å². The largest absolute Gasteiger partial charge is 0.468 e. The zero-order valence-corrected chi connectivity index (χ0v) is 17.8. The van der Waals surface area contributed by atoms with Crippen LogP contribution < -0.4 is 5.32 Å². The summed E-state index contributed by atoms with van der Waals surface area (Å²) in [5.41, 5.74) is 3.05. The lowest BCUT2D eigenvalue weighted by molar-refractivity contribution is -0.137. The first kappa shape index (κ1) is 21.0. The number of methoxy groups -OCH3 is 2. The predicted octanol–water partition coefficient (Wildman–Crippen LogP) is 4.83. The van der Waals surface area contributed by atoms with Crippen molar-refractivity contribution in [2.45, 2.75) is 19.8 Å². The third-order valence-corrected chi connectivity index (χ3v) is 5.27. The molecule has 0 radical (unpaired) electrons. The Bertz CT molecular complexity index is 1010. The smallest absolute Gasteiger partial charge is 0.336 e. The predicted molar refractivity (Wildman–Crippen MR) is 109 cm³/mol. The van der Waals surface area contributed by atoms with Gasteiger partial charge >= 0.3 is 11.9 Å². The summed E-state index contributed by atoms with van der Waals surface area (Å²) in [7, 11) is 2.56. The van der Waals surface area contributed by atoms with Gasteiger partial charge in [0.25, 0.3) is 0 Å². The Labute approximate surface area is 178 Å². The number of nitrogens with one attached hydrogen (secondary N) is 1. The monoisotopic (exact) mass is 435 g/mol. The van der Waals surface area contributed by atoms with Crippen LogP contribution in [0, 0.1) is 0 Å². The highest BCUT2D eigenvalue weighted by Crippen LogP contribution is 2.41. The Kier molecular flexibility index (Phi) is 6.05.